The fraction of sp³-hybridized carbons (Fsp3) is 0.364. The molecular formula is C22H24N6O. The lowest BCUT2D eigenvalue weighted by Crippen LogP contribution is -2.26. The summed E-state index contributed by atoms with van der Waals surface area (Å²) in [6.07, 6.45) is 7.31. The molecule has 1 fully saturated rings. The average molecular weight is 388 g/mol. The third kappa shape index (κ3) is 3.84. The summed E-state index contributed by atoms with van der Waals surface area (Å²) in [7, 11) is 0. The third-order valence-electron chi connectivity index (χ3n) is 5.22. The van der Waals surface area contributed by atoms with E-state index >= 15 is 0 Å². The number of benzene rings is 1. The summed E-state index contributed by atoms with van der Waals surface area (Å²) in [5.41, 5.74) is 9.70. The Morgan fingerprint density at radius 2 is 2.31 bits per heavy atom. The number of imidazole rings is 1. The summed E-state index contributed by atoms with van der Waals surface area (Å²) in [4.78, 5) is 13.9. The van der Waals surface area contributed by atoms with Crippen LogP contribution in [-0.2, 0) is 11.3 Å². The fourth-order valence-corrected chi connectivity index (χ4v) is 3.91. The monoisotopic (exact) mass is 388 g/mol. The maximum atomic E-state index is 9.37. The van der Waals surface area contributed by atoms with Crippen molar-refractivity contribution in [2.75, 3.05) is 6.61 Å². The van der Waals surface area contributed by atoms with Crippen LogP contribution in [0.25, 0.3) is 21.9 Å². The van der Waals surface area contributed by atoms with Gasteiger partial charge in [-0.15, -0.1) is 0 Å². The van der Waals surface area contributed by atoms with Crippen molar-refractivity contribution >= 4 is 28.2 Å². The van der Waals surface area contributed by atoms with Crippen molar-refractivity contribution in [3.05, 3.63) is 47.6 Å². The van der Waals surface area contributed by atoms with Crippen molar-refractivity contribution in [1.29, 1.82) is 5.26 Å². The van der Waals surface area contributed by atoms with Crippen LogP contribution in [-0.4, -0.2) is 33.5 Å². The predicted molar refractivity (Wildman–Crippen MR) is 114 cm³/mol. The van der Waals surface area contributed by atoms with E-state index in [1.807, 2.05) is 19.1 Å². The summed E-state index contributed by atoms with van der Waals surface area (Å²) in [6, 6.07) is 8.08. The molecule has 1 aliphatic rings. The van der Waals surface area contributed by atoms with Crippen LogP contribution >= 0.6 is 0 Å². The van der Waals surface area contributed by atoms with Crippen molar-refractivity contribution in [3.63, 3.8) is 0 Å². The topological polar surface area (TPSA) is 102 Å². The molecule has 2 N–H and O–H groups in total. The van der Waals surface area contributed by atoms with E-state index in [0.29, 0.717) is 17.8 Å². The zero-order valence-corrected chi connectivity index (χ0v) is 16.7. The van der Waals surface area contributed by atoms with Crippen LogP contribution in [0.4, 0.5) is 0 Å². The standard InChI is InChI=1S/C22H24N6O/c1-14(24)5-7-25-13-21-27-20-12-26-19-4-3-16(11-23)10-18(19)22(20)28(21)17-6-8-29-15(2)9-17/h3-5,7,10,12,15,17H,6,8-9,13,24H2,1-2H3/t15-,17?/m1/s1. The first-order chi connectivity index (χ1) is 14.1. The maximum absolute atomic E-state index is 9.37. The molecule has 0 saturated carbocycles. The van der Waals surface area contributed by atoms with Gasteiger partial charge in [0.05, 0.1) is 41.5 Å². The molecule has 148 valence electrons. The molecule has 3 heterocycles. The Bertz CT molecular complexity index is 1150. The lowest BCUT2D eigenvalue weighted by atomic mass is 10.0. The van der Waals surface area contributed by atoms with Gasteiger partial charge in [-0.05, 0) is 51.0 Å². The van der Waals surface area contributed by atoms with Crippen LogP contribution in [0.2, 0.25) is 0 Å². The molecule has 0 bridgehead atoms. The van der Waals surface area contributed by atoms with E-state index in [0.717, 1.165) is 47.2 Å². The van der Waals surface area contributed by atoms with Gasteiger partial charge < -0.3 is 15.0 Å². The van der Waals surface area contributed by atoms with Gasteiger partial charge >= 0.3 is 0 Å². The van der Waals surface area contributed by atoms with E-state index in [1.54, 1.807) is 24.6 Å². The molecule has 2 aromatic heterocycles. The van der Waals surface area contributed by atoms with Gasteiger partial charge in [0.25, 0.3) is 0 Å². The Hall–Kier alpha value is -3.24. The molecule has 0 radical (unpaired) electrons. The maximum Gasteiger partial charge on any atom is 0.131 e. The number of aromatic nitrogens is 3. The van der Waals surface area contributed by atoms with Gasteiger partial charge in [0.15, 0.2) is 0 Å². The average Bonchev–Trinajstić information content (AvgIpc) is 3.09. The zero-order chi connectivity index (χ0) is 20.4. The number of pyridine rings is 1. The highest BCUT2D eigenvalue weighted by Crippen LogP contribution is 2.34. The second kappa shape index (κ2) is 8.02. The molecule has 1 aliphatic heterocycles. The Labute approximate surface area is 169 Å². The Kier molecular flexibility index (Phi) is 5.28. The molecular weight excluding hydrogens is 364 g/mol. The van der Waals surface area contributed by atoms with Crippen LogP contribution in [0.3, 0.4) is 0 Å². The van der Waals surface area contributed by atoms with Crippen molar-refractivity contribution in [3.8, 4) is 6.07 Å². The van der Waals surface area contributed by atoms with E-state index in [9.17, 15) is 5.26 Å². The fourth-order valence-electron chi connectivity index (χ4n) is 3.91. The summed E-state index contributed by atoms with van der Waals surface area (Å²) in [6.45, 7) is 5.10. The van der Waals surface area contributed by atoms with E-state index in [2.05, 4.69) is 27.5 Å². The van der Waals surface area contributed by atoms with Gasteiger partial charge in [-0.2, -0.15) is 5.26 Å². The highest BCUT2D eigenvalue weighted by Gasteiger charge is 2.26. The highest BCUT2D eigenvalue weighted by atomic mass is 16.5. The van der Waals surface area contributed by atoms with Gasteiger partial charge in [0.1, 0.15) is 11.3 Å². The quantitative estimate of drug-likeness (QED) is 0.688. The highest BCUT2D eigenvalue weighted by molar-refractivity contribution is 6.02. The number of allylic oxidation sites excluding steroid dienone is 2. The zero-order valence-electron chi connectivity index (χ0n) is 16.7. The van der Waals surface area contributed by atoms with Crippen molar-refractivity contribution in [1.82, 2.24) is 14.5 Å². The third-order valence-corrected chi connectivity index (χ3v) is 5.22. The van der Waals surface area contributed by atoms with Crippen LogP contribution in [0, 0.1) is 11.3 Å². The number of hydrogen-bond acceptors (Lipinski definition) is 6. The minimum Gasteiger partial charge on any atom is -0.402 e. The van der Waals surface area contributed by atoms with Gasteiger partial charge in [0.2, 0.25) is 0 Å². The Morgan fingerprint density at radius 1 is 1.45 bits per heavy atom. The number of fused-ring (bicyclic) bond motifs is 3. The number of nitriles is 1. The van der Waals surface area contributed by atoms with Crippen LogP contribution in [0.15, 0.2) is 41.2 Å². The van der Waals surface area contributed by atoms with E-state index in [-0.39, 0.29) is 12.1 Å². The van der Waals surface area contributed by atoms with Gasteiger partial charge in [-0.3, -0.25) is 9.98 Å². The molecule has 0 aliphatic carbocycles. The molecule has 0 amide bonds. The lowest BCUT2D eigenvalue weighted by Gasteiger charge is -2.30. The van der Waals surface area contributed by atoms with Crippen molar-refractivity contribution in [2.24, 2.45) is 10.7 Å². The van der Waals surface area contributed by atoms with E-state index < -0.39 is 0 Å². The largest absolute Gasteiger partial charge is 0.402 e. The van der Waals surface area contributed by atoms with Crippen molar-refractivity contribution in [2.45, 2.75) is 45.4 Å². The molecule has 7 nitrogen and oxygen atoms in total. The number of aliphatic imine (C=N–C) groups is 1. The lowest BCUT2D eigenvalue weighted by molar-refractivity contribution is 0.00627. The van der Waals surface area contributed by atoms with Gasteiger partial charge in [0, 0.05) is 29.9 Å². The number of ether oxygens (including phenoxy) is 1. The summed E-state index contributed by atoms with van der Waals surface area (Å²) in [5.74, 6) is 0.884. The normalized spacial score (nSPS) is 20.5. The predicted octanol–water partition coefficient (Wildman–Crippen LogP) is 3.63. The number of hydrogen-bond donors (Lipinski definition) is 1. The smallest absolute Gasteiger partial charge is 0.131 e. The van der Waals surface area contributed by atoms with E-state index in [4.69, 9.17) is 15.5 Å². The Balaban J connectivity index is 1.90. The van der Waals surface area contributed by atoms with Crippen LogP contribution < -0.4 is 5.73 Å². The van der Waals surface area contributed by atoms with Gasteiger partial charge in [-0.1, -0.05) is 0 Å². The molecule has 7 heteroatoms. The minimum absolute atomic E-state index is 0.188. The first kappa shape index (κ1) is 19.1. The van der Waals surface area contributed by atoms with Crippen LogP contribution in [0.5, 0.6) is 0 Å². The number of nitrogens with zero attached hydrogens (tertiary/aromatic N) is 5. The second-order valence-corrected chi connectivity index (χ2v) is 7.49. The van der Waals surface area contributed by atoms with Gasteiger partial charge in [-0.25, -0.2) is 4.98 Å². The molecule has 1 unspecified atom stereocenters. The number of rotatable bonds is 4. The summed E-state index contributed by atoms with van der Waals surface area (Å²) in [5, 5.41) is 10.3. The van der Waals surface area contributed by atoms with E-state index in [1.165, 1.54) is 0 Å². The minimum atomic E-state index is 0.188. The SMILES string of the molecule is CC(N)=CC=NCc1nc2cnc3ccc(C#N)cc3c2n1C1CCO[C@H](C)C1. The molecule has 1 saturated heterocycles. The molecule has 4 rings (SSSR count). The molecule has 3 aromatic rings. The molecule has 1 aromatic carbocycles. The first-order valence-corrected chi connectivity index (χ1v) is 9.80. The second-order valence-electron chi connectivity index (χ2n) is 7.49. The number of nitrogens with two attached hydrogens (primary N) is 1. The first-order valence-electron chi connectivity index (χ1n) is 9.80. The molecule has 0 spiro atoms. The molecule has 29 heavy (non-hydrogen) atoms. The molecule has 2 atom stereocenters. The van der Waals surface area contributed by atoms with Crippen molar-refractivity contribution < 1.29 is 4.74 Å². The summed E-state index contributed by atoms with van der Waals surface area (Å²) >= 11 is 0. The Morgan fingerprint density at radius 3 is 3.07 bits per heavy atom. The van der Waals surface area contributed by atoms with Crippen LogP contribution in [0.1, 0.15) is 44.1 Å². The summed E-state index contributed by atoms with van der Waals surface area (Å²) < 4.78 is 8.05.